The van der Waals surface area contributed by atoms with Crippen molar-refractivity contribution in [3.63, 3.8) is 0 Å². The SMILES string of the molecule is C[C@@H](Cc1ccc(Cl)cc1)[NH2+]C1CC1. The minimum absolute atomic E-state index is 0.698. The fraction of sp³-hybridized carbons (Fsp3) is 0.500. The Morgan fingerprint density at radius 3 is 2.57 bits per heavy atom. The normalized spacial score (nSPS) is 18.1. The van der Waals surface area contributed by atoms with Gasteiger partial charge in [-0.15, -0.1) is 0 Å². The second-order valence-electron chi connectivity index (χ2n) is 4.34. The van der Waals surface area contributed by atoms with Gasteiger partial charge in [-0.3, -0.25) is 0 Å². The van der Waals surface area contributed by atoms with Gasteiger partial charge >= 0.3 is 0 Å². The van der Waals surface area contributed by atoms with E-state index in [-0.39, 0.29) is 0 Å². The summed E-state index contributed by atoms with van der Waals surface area (Å²) in [5.41, 5.74) is 1.39. The molecule has 0 saturated heterocycles. The van der Waals surface area contributed by atoms with E-state index in [0.717, 1.165) is 17.5 Å². The van der Waals surface area contributed by atoms with Crippen LogP contribution in [0.4, 0.5) is 0 Å². The zero-order valence-corrected chi connectivity index (χ0v) is 9.30. The fourth-order valence-electron chi connectivity index (χ4n) is 1.81. The van der Waals surface area contributed by atoms with Crippen LogP contribution < -0.4 is 5.32 Å². The molecule has 1 aliphatic rings. The van der Waals surface area contributed by atoms with Crippen molar-refractivity contribution in [2.24, 2.45) is 0 Å². The Kier molecular flexibility index (Phi) is 3.09. The molecule has 0 heterocycles. The molecule has 1 aromatic rings. The van der Waals surface area contributed by atoms with Crippen molar-refractivity contribution in [3.05, 3.63) is 34.9 Å². The van der Waals surface area contributed by atoms with Crippen molar-refractivity contribution in [1.82, 2.24) is 0 Å². The zero-order chi connectivity index (χ0) is 9.97. The predicted octanol–water partition coefficient (Wildman–Crippen LogP) is 2.00. The summed E-state index contributed by atoms with van der Waals surface area (Å²) in [7, 11) is 0. The lowest BCUT2D eigenvalue weighted by Crippen LogP contribution is -2.91. The third kappa shape index (κ3) is 3.00. The highest BCUT2D eigenvalue weighted by Gasteiger charge is 2.27. The second-order valence-corrected chi connectivity index (χ2v) is 4.77. The highest BCUT2D eigenvalue weighted by atomic mass is 35.5. The lowest BCUT2D eigenvalue weighted by Gasteiger charge is -2.09. The number of nitrogens with two attached hydrogens (primary N) is 1. The molecule has 0 amide bonds. The molecular formula is C12H17ClN+. The number of quaternary nitrogens is 1. The van der Waals surface area contributed by atoms with Crippen LogP contribution in [0.2, 0.25) is 5.02 Å². The van der Waals surface area contributed by atoms with E-state index >= 15 is 0 Å². The van der Waals surface area contributed by atoms with Crippen LogP contribution in [0.5, 0.6) is 0 Å². The highest BCUT2D eigenvalue weighted by Crippen LogP contribution is 2.15. The van der Waals surface area contributed by atoms with Gasteiger partial charge in [0.1, 0.15) is 0 Å². The lowest BCUT2D eigenvalue weighted by molar-refractivity contribution is -0.698. The molecule has 1 aromatic carbocycles. The summed E-state index contributed by atoms with van der Waals surface area (Å²) < 4.78 is 0. The van der Waals surface area contributed by atoms with E-state index in [1.165, 1.54) is 18.4 Å². The second kappa shape index (κ2) is 4.33. The first-order chi connectivity index (χ1) is 6.74. The zero-order valence-electron chi connectivity index (χ0n) is 8.54. The van der Waals surface area contributed by atoms with Crippen molar-refractivity contribution in [3.8, 4) is 0 Å². The van der Waals surface area contributed by atoms with Crippen LogP contribution in [-0.2, 0) is 6.42 Å². The van der Waals surface area contributed by atoms with Crippen LogP contribution in [0.25, 0.3) is 0 Å². The van der Waals surface area contributed by atoms with Crippen molar-refractivity contribution in [1.29, 1.82) is 0 Å². The van der Waals surface area contributed by atoms with Crippen LogP contribution in [0.3, 0.4) is 0 Å². The third-order valence-electron chi connectivity index (χ3n) is 2.69. The van der Waals surface area contributed by atoms with Crippen LogP contribution in [-0.4, -0.2) is 12.1 Å². The van der Waals surface area contributed by atoms with Gasteiger partial charge in [-0.25, -0.2) is 0 Å². The minimum Gasteiger partial charge on any atom is -0.341 e. The number of hydrogen-bond acceptors (Lipinski definition) is 0. The van der Waals surface area contributed by atoms with Gasteiger partial charge in [0.2, 0.25) is 0 Å². The molecule has 2 N–H and O–H groups in total. The van der Waals surface area contributed by atoms with Crippen molar-refractivity contribution >= 4 is 11.6 Å². The smallest absolute Gasteiger partial charge is 0.0873 e. The van der Waals surface area contributed by atoms with Gasteiger partial charge < -0.3 is 5.32 Å². The molecule has 76 valence electrons. The molecule has 1 atom stereocenters. The highest BCUT2D eigenvalue weighted by molar-refractivity contribution is 6.30. The van der Waals surface area contributed by atoms with E-state index in [2.05, 4.69) is 24.4 Å². The monoisotopic (exact) mass is 210 g/mol. The van der Waals surface area contributed by atoms with Gasteiger partial charge in [0.05, 0.1) is 12.1 Å². The summed E-state index contributed by atoms with van der Waals surface area (Å²) in [6, 6.07) is 9.81. The number of benzene rings is 1. The van der Waals surface area contributed by atoms with Crippen molar-refractivity contribution < 1.29 is 5.32 Å². The molecule has 1 fully saturated rings. The van der Waals surface area contributed by atoms with Crippen molar-refractivity contribution in [2.75, 3.05) is 0 Å². The predicted molar refractivity (Wildman–Crippen MR) is 59.6 cm³/mol. The average molecular weight is 211 g/mol. The van der Waals surface area contributed by atoms with Crippen molar-refractivity contribution in [2.45, 2.75) is 38.3 Å². The first-order valence-corrected chi connectivity index (χ1v) is 5.71. The molecule has 0 unspecified atom stereocenters. The molecule has 2 rings (SSSR count). The molecule has 0 bridgehead atoms. The maximum atomic E-state index is 5.83. The molecule has 0 spiro atoms. The van der Waals surface area contributed by atoms with E-state index in [9.17, 15) is 0 Å². The Morgan fingerprint density at radius 2 is 2.00 bits per heavy atom. The fourth-order valence-corrected chi connectivity index (χ4v) is 1.94. The van der Waals surface area contributed by atoms with E-state index in [0.29, 0.717) is 6.04 Å². The first kappa shape index (κ1) is 10.0. The summed E-state index contributed by atoms with van der Waals surface area (Å²) in [6.45, 7) is 2.30. The van der Waals surface area contributed by atoms with E-state index in [1.807, 2.05) is 12.1 Å². The molecule has 0 aliphatic heterocycles. The molecule has 1 saturated carbocycles. The number of hydrogen-bond donors (Lipinski definition) is 1. The van der Waals surface area contributed by atoms with Gasteiger partial charge in [-0.1, -0.05) is 23.7 Å². The topological polar surface area (TPSA) is 16.6 Å². The van der Waals surface area contributed by atoms with E-state index < -0.39 is 0 Å². The molecular weight excluding hydrogens is 194 g/mol. The van der Waals surface area contributed by atoms with E-state index in [1.54, 1.807) is 0 Å². The largest absolute Gasteiger partial charge is 0.341 e. The van der Waals surface area contributed by atoms with Gasteiger partial charge in [0.25, 0.3) is 0 Å². The van der Waals surface area contributed by atoms with Crippen LogP contribution in [0.15, 0.2) is 24.3 Å². The Balaban J connectivity index is 1.85. The quantitative estimate of drug-likeness (QED) is 0.783. The van der Waals surface area contributed by atoms with Gasteiger partial charge in [0.15, 0.2) is 0 Å². The molecule has 0 radical (unpaired) electrons. The summed E-state index contributed by atoms with van der Waals surface area (Å²) >= 11 is 5.83. The average Bonchev–Trinajstić information content (AvgIpc) is 2.93. The first-order valence-electron chi connectivity index (χ1n) is 5.33. The Hall–Kier alpha value is -0.530. The Morgan fingerprint density at radius 1 is 1.36 bits per heavy atom. The number of rotatable bonds is 4. The summed E-state index contributed by atoms with van der Waals surface area (Å²) in [5, 5.41) is 3.32. The minimum atomic E-state index is 0.698. The van der Waals surface area contributed by atoms with Crippen LogP contribution in [0, 0.1) is 0 Å². The maximum absolute atomic E-state index is 5.83. The van der Waals surface area contributed by atoms with Gasteiger partial charge in [-0.2, -0.15) is 0 Å². The lowest BCUT2D eigenvalue weighted by atomic mass is 10.1. The molecule has 14 heavy (non-hydrogen) atoms. The number of halogens is 1. The van der Waals surface area contributed by atoms with Crippen LogP contribution in [0.1, 0.15) is 25.3 Å². The summed E-state index contributed by atoms with van der Waals surface area (Å²) in [6.07, 6.45) is 3.96. The standard InChI is InChI=1S/C12H16ClN/c1-9(14-12-6-7-12)8-10-2-4-11(13)5-3-10/h2-5,9,12,14H,6-8H2,1H3/p+1/t9-/m0/s1. The van der Waals surface area contributed by atoms with Gasteiger partial charge in [-0.05, 0) is 24.6 Å². The third-order valence-corrected chi connectivity index (χ3v) is 2.95. The molecule has 1 nitrogen and oxygen atoms in total. The Labute approximate surface area is 90.5 Å². The summed E-state index contributed by atoms with van der Waals surface area (Å²) in [4.78, 5) is 0. The van der Waals surface area contributed by atoms with Crippen LogP contribution >= 0.6 is 11.6 Å². The maximum Gasteiger partial charge on any atom is 0.0873 e. The molecule has 1 aliphatic carbocycles. The van der Waals surface area contributed by atoms with Gasteiger partial charge in [0, 0.05) is 24.3 Å². The summed E-state index contributed by atoms with van der Waals surface area (Å²) in [5.74, 6) is 0. The molecule has 0 aromatic heterocycles. The van der Waals surface area contributed by atoms with E-state index in [4.69, 9.17) is 11.6 Å². The Bertz CT molecular complexity index is 290. The molecule has 2 heteroatoms.